The van der Waals surface area contributed by atoms with Gasteiger partial charge in [0, 0.05) is 18.0 Å². The molecule has 1 aliphatic heterocycles. The standard InChI is InChI=1S/C20H26N4O/c1-16(22-20(25)18-9-6-10-21-15-18)19(17-7-4-3-5-8-17)24-13-11-23(2)12-14-24/h3-10,15-16,19H,11-14H2,1-2H3,(H,22,25)/p+2/t16-,19-/m0/s1. The number of piperazine rings is 1. The quantitative estimate of drug-likeness (QED) is 0.678. The van der Waals surface area contributed by atoms with Gasteiger partial charge in [0.2, 0.25) is 0 Å². The van der Waals surface area contributed by atoms with Gasteiger partial charge in [-0.05, 0) is 19.1 Å². The van der Waals surface area contributed by atoms with Crippen molar-refractivity contribution in [3.8, 4) is 0 Å². The first kappa shape index (κ1) is 17.6. The Labute approximate surface area is 149 Å². The number of nitrogens with zero attached hydrogens (tertiary/aromatic N) is 1. The molecule has 0 unspecified atom stereocenters. The summed E-state index contributed by atoms with van der Waals surface area (Å²) in [5.41, 5.74) is 1.90. The van der Waals surface area contributed by atoms with E-state index in [9.17, 15) is 4.79 Å². The minimum absolute atomic E-state index is 0.0449. The van der Waals surface area contributed by atoms with E-state index in [1.807, 2.05) is 6.07 Å². The summed E-state index contributed by atoms with van der Waals surface area (Å²) in [6, 6.07) is 14.5. The predicted molar refractivity (Wildman–Crippen MR) is 97.7 cm³/mol. The highest BCUT2D eigenvalue weighted by atomic mass is 16.1. The summed E-state index contributed by atoms with van der Waals surface area (Å²) in [4.78, 5) is 19.7. The van der Waals surface area contributed by atoms with E-state index in [-0.39, 0.29) is 18.0 Å². The number of likely N-dealkylation sites (N-methyl/N-ethyl adjacent to an activating group) is 1. The van der Waals surface area contributed by atoms with Crippen LogP contribution in [-0.2, 0) is 0 Å². The minimum Gasteiger partial charge on any atom is -0.343 e. The van der Waals surface area contributed by atoms with Gasteiger partial charge in [0.05, 0.1) is 18.7 Å². The molecule has 2 aromatic rings. The predicted octanol–water partition coefficient (Wildman–Crippen LogP) is -0.646. The first-order chi connectivity index (χ1) is 12.1. The Morgan fingerprint density at radius 1 is 1.08 bits per heavy atom. The molecule has 1 saturated heterocycles. The van der Waals surface area contributed by atoms with Gasteiger partial charge in [-0.25, -0.2) is 0 Å². The van der Waals surface area contributed by atoms with Crippen molar-refractivity contribution in [2.24, 2.45) is 0 Å². The molecule has 0 radical (unpaired) electrons. The zero-order chi connectivity index (χ0) is 17.6. The maximum Gasteiger partial charge on any atom is 0.253 e. The zero-order valence-corrected chi connectivity index (χ0v) is 15.0. The largest absolute Gasteiger partial charge is 0.343 e. The van der Waals surface area contributed by atoms with Gasteiger partial charge in [0.25, 0.3) is 5.91 Å². The summed E-state index contributed by atoms with van der Waals surface area (Å²) >= 11 is 0. The van der Waals surface area contributed by atoms with Gasteiger partial charge >= 0.3 is 0 Å². The second kappa shape index (κ2) is 8.23. The highest BCUT2D eigenvalue weighted by Crippen LogP contribution is 2.14. The van der Waals surface area contributed by atoms with Gasteiger partial charge in [-0.15, -0.1) is 0 Å². The molecule has 1 aliphatic rings. The third-order valence-corrected chi connectivity index (χ3v) is 5.13. The Kier molecular flexibility index (Phi) is 5.79. The van der Waals surface area contributed by atoms with E-state index < -0.39 is 0 Å². The lowest BCUT2D eigenvalue weighted by molar-refractivity contribution is -1.02. The molecule has 0 spiro atoms. The van der Waals surface area contributed by atoms with Crippen LogP contribution in [0.25, 0.3) is 0 Å². The van der Waals surface area contributed by atoms with Crippen LogP contribution in [0, 0.1) is 0 Å². The summed E-state index contributed by atoms with van der Waals surface area (Å²) in [7, 11) is 2.25. The number of aromatic nitrogens is 1. The normalized spacial score (nSPS) is 22.8. The van der Waals surface area contributed by atoms with Crippen LogP contribution in [0.2, 0.25) is 0 Å². The Morgan fingerprint density at radius 3 is 2.44 bits per heavy atom. The summed E-state index contributed by atoms with van der Waals surface area (Å²) in [6.45, 7) is 6.70. The lowest BCUT2D eigenvalue weighted by Crippen LogP contribution is -3.27. The first-order valence-electron chi connectivity index (χ1n) is 9.07. The Bertz CT molecular complexity index is 669. The van der Waals surface area contributed by atoms with Gasteiger partial charge in [-0.2, -0.15) is 0 Å². The van der Waals surface area contributed by atoms with Crippen molar-refractivity contribution >= 4 is 5.91 Å². The maximum atomic E-state index is 12.6. The highest BCUT2D eigenvalue weighted by Gasteiger charge is 2.34. The van der Waals surface area contributed by atoms with Crippen LogP contribution in [0.4, 0.5) is 0 Å². The van der Waals surface area contributed by atoms with Crippen LogP contribution >= 0.6 is 0 Å². The number of amides is 1. The van der Waals surface area contributed by atoms with E-state index in [2.05, 4.69) is 48.5 Å². The van der Waals surface area contributed by atoms with E-state index in [1.54, 1.807) is 34.3 Å². The number of carbonyl (C=O) groups excluding carboxylic acids is 1. The van der Waals surface area contributed by atoms with Gasteiger partial charge in [0.15, 0.2) is 0 Å². The topological polar surface area (TPSA) is 50.9 Å². The third kappa shape index (κ3) is 4.44. The van der Waals surface area contributed by atoms with Crippen LogP contribution < -0.4 is 15.1 Å². The Morgan fingerprint density at radius 2 is 1.80 bits per heavy atom. The fourth-order valence-corrected chi connectivity index (χ4v) is 3.72. The molecule has 3 rings (SSSR count). The third-order valence-electron chi connectivity index (χ3n) is 5.13. The molecule has 0 bridgehead atoms. The number of hydrogen-bond donors (Lipinski definition) is 3. The van der Waals surface area contributed by atoms with E-state index in [0.29, 0.717) is 5.56 Å². The zero-order valence-electron chi connectivity index (χ0n) is 15.0. The van der Waals surface area contributed by atoms with Crippen molar-refractivity contribution in [3.05, 3.63) is 66.0 Å². The number of benzene rings is 1. The molecule has 132 valence electrons. The molecule has 1 aromatic heterocycles. The number of rotatable bonds is 5. The van der Waals surface area contributed by atoms with Crippen molar-refractivity contribution in [1.82, 2.24) is 10.3 Å². The first-order valence-corrected chi connectivity index (χ1v) is 9.07. The monoisotopic (exact) mass is 340 g/mol. The number of carbonyl (C=O) groups is 1. The molecule has 5 nitrogen and oxygen atoms in total. The summed E-state index contributed by atoms with van der Waals surface area (Å²) in [6.07, 6.45) is 3.30. The van der Waals surface area contributed by atoms with Crippen LogP contribution in [0.15, 0.2) is 54.9 Å². The minimum atomic E-state index is -0.0549. The fraction of sp³-hybridized carbons (Fsp3) is 0.400. The lowest BCUT2D eigenvalue weighted by atomic mass is 9.97. The Hall–Kier alpha value is -2.24. The van der Waals surface area contributed by atoms with Crippen LogP contribution in [0.1, 0.15) is 28.9 Å². The van der Waals surface area contributed by atoms with E-state index in [4.69, 9.17) is 0 Å². The second-order valence-electron chi connectivity index (χ2n) is 7.01. The van der Waals surface area contributed by atoms with Gasteiger partial charge < -0.3 is 15.1 Å². The van der Waals surface area contributed by atoms with E-state index in [1.165, 1.54) is 18.7 Å². The molecule has 5 heteroatoms. The molecule has 0 aliphatic carbocycles. The van der Waals surface area contributed by atoms with Crippen molar-refractivity contribution < 1.29 is 14.6 Å². The molecule has 1 amide bonds. The molecule has 1 fully saturated rings. The number of quaternary nitrogens is 2. The van der Waals surface area contributed by atoms with Gasteiger partial charge in [-0.1, -0.05) is 30.3 Å². The summed E-state index contributed by atoms with van der Waals surface area (Å²) in [5, 5.41) is 3.20. The lowest BCUT2D eigenvalue weighted by Gasteiger charge is -2.36. The molecule has 2 atom stereocenters. The van der Waals surface area contributed by atoms with Crippen molar-refractivity contribution in [1.29, 1.82) is 0 Å². The molecule has 25 heavy (non-hydrogen) atoms. The van der Waals surface area contributed by atoms with Gasteiger partial charge in [-0.3, -0.25) is 9.78 Å². The van der Waals surface area contributed by atoms with E-state index >= 15 is 0 Å². The van der Waals surface area contributed by atoms with Crippen molar-refractivity contribution in [2.45, 2.75) is 19.0 Å². The van der Waals surface area contributed by atoms with Crippen LogP contribution in [0.5, 0.6) is 0 Å². The SMILES string of the molecule is C[C@H](NC(=O)c1cccnc1)[C@@H](c1ccccc1)[NH+]1CC[NH+](C)CC1. The number of nitrogens with one attached hydrogen (secondary N) is 3. The van der Waals surface area contributed by atoms with Crippen LogP contribution in [-0.4, -0.2) is 50.2 Å². The number of hydrogen-bond acceptors (Lipinski definition) is 2. The number of pyridine rings is 1. The van der Waals surface area contributed by atoms with Crippen molar-refractivity contribution in [3.63, 3.8) is 0 Å². The molecular formula is C20H28N4O+2. The van der Waals surface area contributed by atoms with Gasteiger partial charge in [0.1, 0.15) is 32.2 Å². The molecular weight excluding hydrogens is 312 g/mol. The summed E-state index contributed by atoms with van der Waals surface area (Å²) < 4.78 is 0. The fourth-order valence-electron chi connectivity index (χ4n) is 3.72. The molecule has 0 saturated carbocycles. The Balaban J connectivity index is 1.77. The highest BCUT2D eigenvalue weighted by molar-refractivity contribution is 5.94. The molecule has 2 heterocycles. The second-order valence-corrected chi connectivity index (χ2v) is 7.01. The molecule has 3 N–H and O–H groups in total. The summed E-state index contributed by atoms with van der Waals surface area (Å²) in [5.74, 6) is -0.0549. The molecule has 1 aromatic carbocycles. The maximum absolute atomic E-state index is 12.6. The average molecular weight is 340 g/mol. The van der Waals surface area contributed by atoms with E-state index in [0.717, 1.165) is 13.1 Å². The van der Waals surface area contributed by atoms with Crippen molar-refractivity contribution in [2.75, 3.05) is 33.2 Å². The average Bonchev–Trinajstić information content (AvgIpc) is 2.65. The van der Waals surface area contributed by atoms with Crippen LogP contribution in [0.3, 0.4) is 0 Å². The smallest absolute Gasteiger partial charge is 0.253 e.